The van der Waals surface area contributed by atoms with Gasteiger partial charge in [0.15, 0.2) is 0 Å². The number of benzene rings is 6. The maximum absolute atomic E-state index is 5.06. The molecule has 2 heteroatoms. The maximum atomic E-state index is 5.06. The van der Waals surface area contributed by atoms with Crippen molar-refractivity contribution in [2.45, 2.75) is 0 Å². The molecule has 2 heterocycles. The van der Waals surface area contributed by atoms with Crippen molar-refractivity contribution in [2.24, 2.45) is 0 Å². The van der Waals surface area contributed by atoms with E-state index in [4.69, 9.17) is 4.98 Å². The number of hydrogen-bond donors (Lipinski definition) is 0. The van der Waals surface area contributed by atoms with Crippen molar-refractivity contribution in [1.82, 2.24) is 4.98 Å². The molecule has 0 amide bonds. The van der Waals surface area contributed by atoms with E-state index in [0.717, 1.165) is 5.69 Å². The Morgan fingerprint density at radius 2 is 1.05 bits per heavy atom. The topological polar surface area (TPSA) is 12.9 Å². The van der Waals surface area contributed by atoms with Crippen LogP contribution in [-0.2, 0) is 0 Å². The molecule has 0 bridgehead atoms. The van der Waals surface area contributed by atoms with Gasteiger partial charge in [-0.25, -0.2) is 0 Å². The van der Waals surface area contributed by atoms with Crippen LogP contribution < -0.4 is 0 Å². The zero-order valence-electron chi connectivity index (χ0n) is 20.0. The first-order chi connectivity index (χ1) is 18.4. The Labute approximate surface area is 220 Å². The zero-order chi connectivity index (χ0) is 24.3. The van der Waals surface area contributed by atoms with E-state index in [1.54, 1.807) is 0 Å². The van der Waals surface area contributed by atoms with Gasteiger partial charge in [0, 0.05) is 0 Å². The van der Waals surface area contributed by atoms with Crippen molar-refractivity contribution in [2.75, 3.05) is 0 Å². The first kappa shape index (κ1) is 20.9. The summed E-state index contributed by atoms with van der Waals surface area (Å²) in [5.74, 6) is 0. The van der Waals surface area contributed by atoms with Crippen molar-refractivity contribution in [3.8, 4) is 22.4 Å². The van der Waals surface area contributed by atoms with E-state index in [1.807, 2.05) is 6.20 Å². The monoisotopic (exact) mass is 535 g/mol. The number of nitrogens with zero attached hydrogens (tertiary/aromatic N) is 1. The van der Waals surface area contributed by atoms with Gasteiger partial charge in [-0.1, -0.05) is 0 Å². The van der Waals surface area contributed by atoms with Gasteiger partial charge < -0.3 is 0 Å². The molecule has 8 rings (SSSR count). The van der Waals surface area contributed by atoms with Gasteiger partial charge in [0.2, 0.25) is 0 Å². The van der Waals surface area contributed by atoms with E-state index in [9.17, 15) is 0 Å². The summed E-state index contributed by atoms with van der Waals surface area (Å²) in [4.78, 5) is 5.06. The molecule has 0 aliphatic carbocycles. The van der Waals surface area contributed by atoms with Gasteiger partial charge in [-0.05, 0) is 0 Å². The van der Waals surface area contributed by atoms with Crippen LogP contribution in [0, 0.1) is 0 Å². The van der Waals surface area contributed by atoms with Crippen molar-refractivity contribution in [3.63, 3.8) is 0 Å². The molecule has 0 unspecified atom stereocenters. The summed E-state index contributed by atoms with van der Waals surface area (Å²) < 4.78 is 2.84. The second-order valence-electron chi connectivity index (χ2n) is 9.54. The Kier molecular flexibility index (Phi) is 4.60. The standard InChI is InChI=1S/C35H21NSe/c1-2-10-23-21-24(18-17-22(23)9-1)32-26-12-3-5-14-28(26)33(29-15-6-4-13-27(29)32)34-35-30(19-20-36-34)25-11-7-8-16-31(25)37-35/h1-21H. The summed E-state index contributed by atoms with van der Waals surface area (Å²) in [5, 5.41) is 10.3. The SMILES string of the molecule is c1ccc2cc(-c3c4ccccc4c(-c4nccc5c4[se]c4ccccc45)c4ccccc34)ccc2c1. The molecular formula is C35H21NSe. The third-order valence-corrected chi connectivity index (χ3v) is 10.0. The van der Waals surface area contributed by atoms with Gasteiger partial charge in [-0.2, -0.15) is 0 Å². The van der Waals surface area contributed by atoms with E-state index in [0.29, 0.717) is 0 Å². The molecule has 0 fully saturated rings. The van der Waals surface area contributed by atoms with Crippen LogP contribution in [-0.4, -0.2) is 19.5 Å². The van der Waals surface area contributed by atoms with Crippen LogP contribution in [0.5, 0.6) is 0 Å². The second kappa shape index (κ2) is 8.14. The van der Waals surface area contributed by atoms with E-state index < -0.39 is 0 Å². The molecule has 0 saturated carbocycles. The molecule has 8 aromatic rings. The predicted molar refractivity (Wildman–Crippen MR) is 160 cm³/mol. The molecule has 0 saturated heterocycles. The average Bonchev–Trinajstić information content (AvgIpc) is 3.35. The minimum atomic E-state index is 0.231. The Balaban J connectivity index is 1.53. The molecule has 0 aliphatic rings. The van der Waals surface area contributed by atoms with Crippen LogP contribution in [0.2, 0.25) is 0 Å². The van der Waals surface area contributed by atoms with Crippen LogP contribution >= 0.6 is 0 Å². The summed E-state index contributed by atoms with van der Waals surface area (Å²) >= 11 is 0.231. The number of hydrogen-bond acceptors (Lipinski definition) is 1. The Morgan fingerprint density at radius 3 is 1.78 bits per heavy atom. The number of fused-ring (bicyclic) bond motifs is 6. The van der Waals surface area contributed by atoms with Gasteiger partial charge >= 0.3 is 221 Å². The third kappa shape index (κ3) is 3.13. The number of pyridine rings is 1. The Morgan fingerprint density at radius 1 is 0.459 bits per heavy atom. The summed E-state index contributed by atoms with van der Waals surface area (Å²) in [7, 11) is 0. The predicted octanol–water partition coefficient (Wildman–Crippen LogP) is 9.24. The zero-order valence-corrected chi connectivity index (χ0v) is 21.7. The van der Waals surface area contributed by atoms with Crippen LogP contribution in [0.4, 0.5) is 0 Å². The molecule has 0 aliphatic heterocycles. The fourth-order valence-corrected chi connectivity index (χ4v) is 8.37. The third-order valence-electron chi connectivity index (χ3n) is 7.50. The minimum absolute atomic E-state index is 0.231. The van der Waals surface area contributed by atoms with Crippen molar-refractivity contribution in [1.29, 1.82) is 0 Å². The molecule has 2 aromatic heterocycles. The van der Waals surface area contributed by atoms with Crippen molar-refractivity contribution >= 4 is 66.1 Å². The van der Waals surface area contributed by atoms with Crippen LogP contribution in [0.3, 0.4) is 0 Å². The van der Waals surface area contributed by atoms with Crippen LogP contribution in [0.1, 0.15) is 0 Å². The van der Waals surface area contributed by atoms with Gasteiger partial charge in [-0.3, -0.25) is 0 Å². The van der Waals surface area contributed by atoms with Gasteiger partial charge in [-0.15, -0.1) is 0 Å². The fraction of sp³-hybridized carbons (Fsp3) is 0. The van der Waals surface area contributed by atoms with Crippen LogP contribution in [0.25, 0.3) is 74.0 Å². The van der Waals surface area contributed by atoms with Gasteiger partial charge in [0.1, 0.15) is 0 Å². The summed E-state index contributed by atoms with van der Waals surface area (Å²) in [6.07, 6.45) is 1.99. The van der Waals surface area contributed by atoms with E-state index in [-0.39, 0.29) is 14.5 Å². The second-order valence-corrected chi connectivity index (χ2v) is 11.7. The normalized spacial score (nSPS) is 11.8. The molecule has 0 spiro atoms. The molecule has 0 atom stereocenters. The quantitative estimate of drug-likeness (QED) is 0.159. The van der Waals surface area contributed by atoms with Crippen molar-refractivity contribution < 1.29 is 0 Å². The van der Waals surface area contributed by atoms with E-state index in [2.05, 4.69) is 121 Å². The molecule has 1 nitrogen and oxygen atoms in total. The Hall–Kier alpha value is -4.23. The van der Waals surface area contributed by atoms with Gasteiger partial charge in [0.25, 0.3) is 0 Å². The number of rotatable bonds is 2. The summed E-state index contributed by atoms with van der Waals surface area (Å²) in [6.45, 7) is 0. The summed E-state index contributed by atoms with van der Waals surface area (Å²) in [5.41, 5.74) is 4.93. The Bertz CT molecular complexity index is 2090. The average molecular weight is 535 g/mol. The molecule has 6 aromatic carbocycles. The van der Waals surface area contributed by atoms with E-state index in [1.165, 1.54) is 68.3 Å². The molecule has 0 N–H and O–H groups in total. The van der Waals surface area contributed by atoms with Crippen LogP contribution in [0.15, 0.2) is 128 Å². The molecule has 37 heavy (non-hydrogen) atoms. The van der Waals surface area contributed by atoms with Crippen molar-refractivity contribution in [3.05, 3.63) is 128 Å². The number of aromatic nitrogens is 1. The first-order valence-electron chi connectivity index (χ1n) is 12.6. The first-order valence-corrected chi connectivity index (χ1v) is 14.3. The molecule has 172 valence electrons. The van der Waals surface area contributed by atoms with Gasteiger partial charge in [0.05, 0.1) is 0 Å². The summed E-state index contributed by atoms with van der Waals surface area (Å²) in [6, 6.07) is 44.2. The fourth-order valence-electron chi connectivity index (χ4n) is 5.87. The molecule has 0 radical (unpaired) electrons. The molecular weight excluding hydrogens is 513 g/mol. The van der Waals surface area contributed by atoms with E-state index >= 15 is 0 Å².